The molecule has 3 N–H and O–H groups in total. The molecule has 0 aliphatic rings. The molecule has 0 aliphatic carbocycles. The van der Waals surface area contributed by atoms with Crippen molar-refractivity contribution in [1.82, 2.24) is 0 Å². The van der Waals surface area contributed by atoms with Gasteiger partial charge in [0.1, 0.15) is 19.3 Å². The lowest BCUT2D eigenvalue weighted by molar-refractivity contribution is -0.161. The fraction of sp³-hybridized carbons (Fsp3) is 0.946. The van der Waals surface area contributed by atoms with Crippen molar-refractivity contribution in [2.45, 2.75) is 394 Å². The predicted molar refractivity (Wildman–Crippen MR) is 377 cm³/mol. The molecule has 0 aromatic rings. The van der Waals surface area contributed by atoms with Crippen LogP contribution in [-0.4, -0.2) is 96.7 Å². The van der Waals surface area contributed by atoms with Gasteiger partial charge in [-0.05, 0) is 43.4 Å². The standard InChI is InChI=1S/C74H144O17P2/c1-8-9-10-11-12-13-14-15-20-28-36-43-50-57-73(78)90-70(62-85-72(77)56-49-42-35-30-23-26-33-40-47-54-67(6)7)64-89-93(82,83)87-60-68(75)59-86-92(80,81)88-63-69(91-74(79)58-51-44-37-29-22-17-19-25-32-39-46-53-66(4)5)61-84-71(76)55-48-41-34-27-21-16-18-24-31-38-45-52-65(2)3/h65-70,75H,8-64H2,1-7H3,(H,80,81)(H,82,83)/t68-,69-,70-/m1/s1. The van der Waals surface area contributed by atoms with Gasteiger partial charge in [0.25, 0.3) is 0 Å². The van der Waals surface area contributed by atoms with Crippen LogP contribution in [0.15, 0.2) is 0 Å². The van der Waals surface area contributed by atoms with Crippen molar-refractivity contribution >= 4 is 39.5 Å². The number of aliphatic hydroxyl groups excluding tert-OH is 1. The third-order valence-electron chi connectivity index (χ3n) is 17.1. The van der Waals surface area contributed by atoms with Gasteiger partial charge in [0, 0.05) is 25.7 Å². The van der Waals surface area contributed by atoms with Crippen LogP contribution in [-0.2, 0) is 65.4 Å². The third kappa shape index (κ3) is 68.4. The van der Waals surface area contributed by atoms with Gasteiger partial charge in [-0.15, -0.1) is 0 Å². The van der Waals surface area contributed by atoms with E-state index in [2.05, 4.69) is 48.5 Å². The Labute approximate surface area is 568 Å². The molecule has 19 heteroatoms. The second-order valence-corrected chi connectivity index (χ2v) is 31.0. The van der Waals surface area contributed by atoms with Crippen LogP contribution >= 0.6 is 15.6 Å². The summed E-state index contributed by atoms with van der Waals surface area (Å²) in [5.74, 6) is 0.162. The molecule has 0 saturated carbocycles. The van der Waals surface area contributed by atoms with E-state index >= 15 is 0 Å². The van der Waals surface area contributed by atoms with Gasteiger partial charge in [0.2, 0.25) is 0 Å². The highest BCUT2D eigenvalue weighted by Crippen LogP contribution is 2.45. The highest BCUT2D eigenvalue weighted by atomic mass is 31.2. The Morgan fingerprint density at radius 2 is 0.495 bits per heavy atom. The molecule has 0 saturated heterocycles. The molecule has 0 amide bonds. The molecule has 0 aromatic carbocycles. The summed E-state index contributed by atoms with van der Waals surface area (Å²) in [5, 5.41) is 10.6. The summed E-state index contributed by atoms with van der Waals surface area (Å²) in [4.78, 5) is 72.8. The van der Waals surface area contributed by atoms with E-state index in [-0.39, 0.29) is 25.7 Å². The molecule has 5 atom stereocenters. The summed E-state index contributed by atoms with van der Waals surface area (Å²) in [6.45, 7) is 11.9. The number of carbonyl (C=O) groups is 4. The van der Waals surface area contributed by atoms with E-state index in [1.165, 1.54) is 186 Å². The number of ether oxygens (including phenoxy) is 4. The molecule has 0 rings (SSSR count). The van der Waals surface area contributed by atoms with Crippen LogP contribution in [0.4, 0.5) is 0 Å². The summed E-state index contributed by atoms with van der Waals surface area (Å²) >= 11 is 0. The van der Waals surface area contributed by atoms with Crippen molar-refractivity contribution < 1.29 is 80.2 Å². The maximum Gasteiger partial charge on any atom is 0.472 e. The molecule has 0 aromatic heterocycles. The van der Waals surface area contributed by atoms with E-state index in [0.717, 1.165) is 108 Å². The zero-order valence-electron chi connectivity index (χ0n) is 60.7. The van der Waals surface area contributed by atoms with Crippen LogP contribution in [0.25, 0.3) is 0 Å². The molecule has 552 valence electrons. The van der Waals surface area contributed by atoms with Gasteiger partial charge in [0.15, 0.2) is 12.2 Å². The Balaban J connectivity index is 5.27. The number of aliphatic hydroxyl groups is 1. The molecule has 0 radical (unpaired) electrons. The quantitative estimate of drug-likeness (QED) is 0.0222. The van der Waals surface area contributed by atoms with E-state index in [9.17, 15) is 43.2 Å². The molecular weight excluding hydrogens is 1220 g/mol. The van der Waals surface area contributed by atoms with E-state index in [1.54, 1.807) is 0 Å². The molecule has 17 nitrogen and oxygen atoms in total. The minimum absolute atomic E-state index is 0.106. The predicted octanol–water partition coefficient (Wildman–Crippen LogP) is 21.4. The van der Waals surface area contributed by atoms with Gasteiger partial charge >= 0.3 is 39.5 Å². The summed E-state index contributed by atoms with van der Waals surface area (Å²) < 4.78 is 68.5. The largest absolute Gasteiger partial charge is 0.472 e. The number of carbonyl (C=O) groups excluding carboxylic acids is 4. The Morgan fingerprint density at radius 3 is 0.731 bits per heavy atom. The highest BCUT2D eigenvalue weighted by Gasteiger charge is 2.30. The Hall–Kier alpha value is -1.94. The fourth-order valence-corrected chi connectivity index (χ4v) is 12.8. The van der Waals surface area contributed by atoms with E-state index in [0.29, 0.717) is 25.7 Å². The van der Waals surface area contributed by atoms with Gasteiger partial charge in [-0.3, -0.25) is 37.3 Å². The number of phosphoric acid groups is 2. The number of unbranched alkanes of at least 4 members (excludes halogenated alkanes) is 40. The lowest BCUT2D eigenvalue weighted by Crippen LogP contribution is -2.30. The Bertz CT molecular complexity index is 1820. The Kier molecular flexibility index (Phi) is 63.4. The lowest BCUT2D eigenvalue weighted by atomic mass is 10.0. The minimum atomic E-state index is -4.96. The van der Waals surface area contributed by atoms with Crippen molar-refractivity contribution in [2.75, 3.05) is 39.6 Å². The van der Waals surface area contributed by atoms with Crippen LogP contribution in [0.3, 0.4) is 0 Å². The Morgan fingerprint density at radius 1 is 0.290 bits per heavy atom. The third-order valence-corrected chi connectivity index (χ3v) is 19.0. The first-order valence-corrected chi connectivity index (χ1v) is 41.3. The fourth-order valence-electron chi connectivity index (χ4n) is 11.2. The monoisotopic (exact) mass is 1370 g/mol. The number of phosphoric ester groups is 2. The van der Waals surface area contributed by atoms with Crippen LogP contribution in [0, 0.1) is 17.8 Å². The van der Waals surface area contributed by atoms with Crippen molar-refractivity contribution in [1.29, 1.82) is 0 Å². The van der Waals surface area contributed by atoms with E-state index in [1.807, 2.05) is 0 Å². The second-order valence-electron chi connectivity index (χ2n) is 28.1. The number of esters is 4. The van der Waals surface area contributed by atoms with Gasteiger partial charge in [0.05, 0.1) is 26.4 Å². The number of hydrogen-bond acceptors (Lipinski definition) is 15. The van der Waals surface area contributed by atoms with Gasteiger partial charge in [-0.25, -0.2) is 9.13 Å². The molecule has 0 bridgehead atoms. The maximum atomic E-state index is 13.1. The summed E-state index contributed by atoms with van der Waals surface area (Å²) in [7, 11) is -9.91. The molecule has 0 aliphatic heterocycles. The minimum Gasteiger partial charge on any atom is -0.462 e. The second kappa shape index (κ2) is 64.7. The zero-order chi connectivity index (χ0) is 68.7. The highest BCUT2D eigenvalue weighted by molar-refractivity contribution is 7.47. The van der Waals surface area contributed by atoms with Crippen LogP contribution < -0.4 is 0 Å². The molecular formula is C74H144O17P2. The average molecular weight is 1370 g/mol. The molecule has 2 unspecified atom stereocenters. The van der Waals surface area contributed by atoms with Crippen molar-refractivity contribution in [3.63, 3.8) is 0 Å². The van der Waals surface area contributed by atoms with Crippen LogP contribution in [0.5, 0.6) is 0 Å². The molecule has 0 fully saturated rings. The first kappa shape index (κ1) is 91.1. The van der Waals surface area contributed by atoms with E-state index < -0.39 is 97.5 Å². The first-order chi connectivity index (χ1) is 44.7. The van der Waals surface area contributed by atoms with E-state index in [4.69, 9.17) is 37.0 Å². The first-order valence-electron chi connectivity index (χ1n) is 38.3. The van der Waals surface area contributed by atoms with Crippen molar-refractivity contribution in [3.8, 4) is 0 Å². The normalized spacial score (nSPS) is 14.1. The lowest BCUT2D eigenvalue weighted by Gasteiger charge is -2.21. The average Bonchev–Trinajstić information content (AvgIpc) is 2.64. The van der Waals surface area contributed by atoms with Crippen molar-refractivity contribution in [3.05, 3.63) is 0 Å². The van der Waals surface area contributed by atoms with Crippen molar-refractivity contribution in [2.24, 2.45) is 17.8 Å². The maximum absolute atomic E-state index is 13.1. The summed E-state index contributed by atoms with van der Waals surface area (Å²) in [6.07, 6.45) is 49.8. The number of rotatable bonds is 72. The van der Waals surface area contributed by atoms with Gasteiger partial charge in [-0.2, -0.15) is 0 Å². The summed E-state index contributed by atoms with van der Waals surface area (Å²) in [6, 6.07) is 0. The molecule has 93 heavy (non-hydrogen) atoms. The topological polar surface area (TPSA) is 237 Å². The molecule has 0 spiro atoms. The van der Waals surface area contributed by atoms with Gasteiger partial charge < -0.3 is 33.8 Å². The van der Waals surface area contributed by atoms with Gasteiger partial charge in [-0.1, -0.05) is 325 Å². The smallest absolute Gasteiger partial charge is 0.462 e. The van der Waals surface area contributed by atoms with Crippen LogP contribution in [0.2, 0.25) is 0 Å². The SMILES string of the molecule is CCCCCCCCCCCCCCCC(=O)O[C@H](COC(=O)CCCCCCCCCCCC(C)C)COP(=O)(O)OC[C@H](O)COP(=O)(O)OC[C@@H](COC(=O)CCCCCCCCCCCCCC(C)C)OC(=O)CCCCCCCCCCCCCC(C)C. The number of hydrogen-bond donors (Lipinski definition) is 3. The summed E-state index contributed by atoms with van der Waals surface area (Å²) in [5.41, 5.74) is 0. The molecule has 0 heterocycles. The zero-order valence-corrected chi connectivity index (χ0v) is 62.5. The van der Waals surface area contributed by atoms with Crippen LogP contribution in [0.1, 0.15) is 376 Å².